The van der Waals surface area contributed by atoms with Crippen molar-refractivity contribution in [3.63, 3.8) is 0 Å². The summed E-state index contributed by atoms with van der Waals surface area (Å²) in [5.41, 5.74) is 1.72. The highest BCUT2D eigenvalue weighted by Gasteiger charge is 2.12. The zero-order valence-electron chi connectivity index (χ0n) is 17.5. The zero-order chi connectivity index (χ0) is 23.5. The molecule has 0 spiro atoms. The Kier molecular flexibility index (Phi) is 5.79. The van der Waals surface area contributed by atoms with Crippen LogP contribution < -0.4 is 20.1 Å². The van der Waals surface area contributed by atoms with Crippen LogP contribution in [0, 0.1) is 5.82 Å². The molecule has 0 aliphatic heterocycles. The number of benzene rings is 2. The van der Waals surface area contributed by atoms with Crippen LogP contribution in [-0.2, 0) is 4.79 Å². The summed E-state index contributed by atoms with van der Waals surface area (Å²) in [6.07, 6.45) is 5.01. The number of hydrogen-bond donors (Lipinski definition) is 1. The van der Waals surface area contributed by atoms with Gasteiger partial charge in [-0.15, -0.1) is 5.10 Å². The van der Waals surface area contributed by atoms with E-state index in [1.54, 1.807) is 48.8 Å². The Labute approximate surface area is 196 Å². The van der Waals surface area contributed by atoms with Crippen LogP contribution in [0.2, 0.25) is 0 Å². The number of thiazole rings is 1. The molecular formula is C24H16FN5O3S. The first-order valence-electron chi connectivity index (χ1n) is 10.2. The Balaban J connectivity index is 1.31. The molecule has 3 heterocycles. The fourth-order valence-electron chi connectivity index (χ4n) is 3.18. The van der Waals surface area contributed by atoms with Gasteiger partial charge in [-0.2, -0.15) is 9.50 Å². The van der Waals surface area contributed by atoms with E-state index in [4.69, 9.17) is 4.74 Å². The van der Waals surface area contributed by atoms with Gasteiger partial charge in [0.05, 0.1) is 4.53 Å². The summed E-state index contributed by atoms with van der Waals surface area (Å²) in [6, 6.07) is 16.0. The van der Waals surface area contributed by atoms with E-state index in [0.29, 0.717) is 26.8 Å². The molecule has 10 heteroatoms. The van der Waals surface area contributed by atoms with Crippen molar-refractivity contribution in [3.8, 4) is 17.1 Å². The topological polar surface area (TPSA) is 98.5 Å². The SMILES string of the molecule is O=C(COc1cccc(/C=c2\sc3nc(-c4ccncc4)nn3c2=O)c1)Nc1ccc(F)cc1. The van der Waals surface area contributed by atoms with Crippen LogP contribution in [0.4, 0.5) is 10.1 Å². The number of fused-ring (bicyclic) bond motifs is 1. The minimum Gasteiger partial charge on any atom is -0.484 e. The Bertz CT molecular complexity index is 1580. The molecule has 0 saturated carbocycles. The number of anilines is 1. The lowest BCUT2D eigenvalue weighted by Gasteiger charge is -2.08. The Morgan fingerprint density at radius 2 is 1.91 bits per heavy atom. The third-order valence-electron chi connectivity index (χ3n) is 4.77. The van der Waals surface area contributed by atoms with E-state index in [9.17, 15) is 14.0 Å². The predicted molar refractivity (Wildman–Crippen MR) is 126 cm³/mol. The summed E-state index contributed by atoms with van der Waals surface area (Å²) >= 11 is 1.23. The lowest BCUT2D eigenvalue weighted by Crippen LogP contribution is -2.23. The number of rotatable bonds is 6. The average molecular weight is 473 g/mol. The monoisotopic (exact) mass is 473 g/mol. The molecule has 0 aliphatic rings. The zero-order valence-corrected chi connectivity index (χ0v) is 18.3. The van der Waals surface area contributed by atoms with Crippen LogP contribution in [-0.4, -0.2) is 32.1 Å². The van der Waals surface area contributed by atoms with Gasteiger partial charge >= 0.3 is 0 Å². The van der Waals surface area contributed by atoms with Gasteiger partial charge < -0.3 is 10.1 Å². The van der Waals surface area contributed by atoms with Gasteiger partial charge in [-0.05, 0) is 60.2 Å². The molecule has 3 aromatic heterocycles. The smallest absolute Gasteiger partial charge is 0.291 e. The fourth-order valence-corrected chi connectivity index (χ4v) is 4.09. The molecule has 0 radical (unpaired) electrons. The van der Waals surface area contributed by atoms with E-state index in [2.05, 4.69) is 20.4 Å². The Morgan fingerprint density at radius 1 is 1.12 bits per heavy atom. The molecule has 0 fully saturated rings. The summed E-state index contributed by atoms with van der Waals surface area (Å²) in [5, 5.41) is 6.95. The second kappa shape index (κ2) is 9.20. The van der Waals surface area contributed by atoms with Gasteiger partial charge in [0.25, 0.3) is 11.5 Å². The Morgan fingerprint density at radius 3 is 2.68 bits per heavy atom. The number of carbonyl (C=O) groups is 1. The fraction of sp³-hybridized carbons (Fsp3) is 0.0417. The average Bonchev–Trinajstić information content (AvgIpc) is 3.39. The third kappa shape index (κ3) is 4.66. The quantitative estimate of drug-likeness (QED) is 0.407. The highest BCUT2D eigenvalue weighted by atomic mass is 32.1. The summed E-state index contributed by atoms with van der Waals surface area (Å²) in [6.45, 7) is -0.220. The van der Waals surface area contributed by atoms with Crippen molar-refractivity contribution >= 4 is 34.0 Å². The van der Waals surface area contributed by atoms with E-state index in [1.165, 1.54) is 40.1 Å². The molecule has 0 bridgehead atoms. The normalized spacial score (nSPS) is 11.6. The van der Waals surface area contributed by atoms with Crippen molar-refractivity contribution < 1.29 is 13.9 Å². The number of nitrogens with zero attached hydrogens (tertiary/aromatic N) is 4. The molecule has 0 saturated heterocycles. The second-order valence-electron chi connectivity index (χ2n) is 7.20. The lowest BCUT2D eigenvalue weighted by atomic mass is 10.2. The molecule has 2 aromatic carbocycles. The minimum absolute atomic E-state index is 0.220. The molecule has 5 rings (SSSR count). The molecule has 168 valence electrons. The number of nitrogens with one attached hydrogen (secondary N) is 1. The molecule has 0 atom stereocenters. The van der Waals surface area contributed by atoms with E-state index in [1.807, 2.05) is 6.07 Å². The highest BCUT2D eigenvalue weighted by Crippen LogP contribution is 2.16. The van der Waals surface area contributed by atoms with Crippen LogP contribution in [0.1, 0.15) is 5.56 Å². The number of carbonyl (C=O) groups excluding carboxylic acids is 1. The van der Waals surface area contributed by atoms with Crippen molar-refractivity contribution in [2.75, 3.05) is 11.9 Å². The van der Waals surface area contributed by atoms with Gasteiger partial charge in [-0.25, -0.2) is 4.39 Å². The molecular weight excluding hydrogens is 457 g/mol. The van der Waals surface area contributed by atoms with Gasteiger partial charge in [0, 0.05) is 23.6 Å². The van der Waals surface area contributed by atoms with Gasteiger partial charge in [0.1, 0.15) is 11.6 Å². The molecule has 34 heavy (non-hydrogen) atoms. The lowest BCUT2D eigenvalue weighted by molar-refractivity contribution is -0.118. The van der Waals surface area contributed by atoms with Crippen LogP contribution in [0.5, 0.6) is 5.75 Å². The number of amides is 1. The van der Waals surface area contributed by atoms with Crippen molar-refractivity contribution in [1.29, 1.82) is 0 Å². The van der Waals surface area contributed by atoms with Crippen LogP contribution in [0.25, 0.3) is 22.4 Å². The number of aromatic nitrogens is 4. The first-order valence-corrected chi connectivity index (χ1v) is 11.0. The Hall–Kier alpha value is -4.44. The number of ether oxygens (including phenoxy) is 1. The summed E-state index contributed by atoms with van der Waals surface area (Å²) in [7, 11) is 0. The maximum absolute atomic E-state index is 13.0. The van der Waals surface area contributed by atoms with Gasteiger partial charge in [-0.3, -0.25) is 14.6 Å². The minimum atomic E-state index is -0.382. The van der Waals surface area contributed by atoms with E-state index in [0.717, 1.165) is 11.1 Å². The molecule has 5 aromatic rings. The largest absolute Gasteiger partial charge is 0.484 e. The molecule has 0 aliphatic carbocycles. The van der Waals surface area contributed by atoms with E-state index >= 15 is 0 Å². The molecule has 8 nitrogen and oxygen atoms in total. The number of hydrogen-bond acceptors (Lipinski definition) is 7. The number of halogens is 1. The predicted octanol–water partition coefficient (Wildman–Crippen LogP) is 2.92. The van der Waals surface area contributed by atoms with Crippen LogP contribution in [0.15, 0.2) is 77.9 Å². The van der Waals surface area contributed by atoms with E-state index in [-0.39, 0.29) is 23.9 Å². The van der Waals surface area contributed by atoms with Gasteiger partial charge in [-0.1, -0.05) is 23.5 Å². The molecule has 1 N–H and O–H groups in total. The maximum Gasteiger partial charge on any atom is 0.291 e. The summed E-state index contributed by atoms with van der Waals surface area (Å²) in [4.78, 5) is 33.8. The van der Waals surface area contributed by atoms with Gasteiger partial charge in [0.15, 0.2) is 12.4 Å². The summed E-state index contributed by atoms with van der Waals surface area (Å²) < 4.78 is 20.3. The van der Waals surface area contributed by atoms with Gasteiger partial charge in [0.2, 0.25) is 4.96 Å². The molecule has 0 unspecified atom stereocenters. The maximum atomic E-state index is 13.0. The highest BCUT2D eigenvalue weighted by molar-refractivity contribution is 7.15. The van der Waals surface area contributed by atoms with Crippen molar-refractivity contribution in [3.05, 3.63) is 99.3 Å². The molecule has 1 amide bonds. The van der Waals surface area contributed by atoms with Crippen molar-refractivity contribution in [1.82, 2.24) is 19.6 Å². The van der Waals surface area contributed by atoms with Crippen molar-refractivity contribution in [2.45, 2.75) is 0 Å². The third-order valence-corrected chi connectivity index (χ3v) is 5.73. The van der Waals surface area contributed by atoms with Crippen LogP contribution in [0.3, 0.4) is 0 Å². The second-order valence-corrected chi connectivity index (χ2v) is 8.21. The summed E-state index contributed by atoms with van der Waals surface area (Å²) in [5.74, 6) is 0.174. The first-order chi connectivity index (χ1) is 16.5. The standard InChI is InChI=1S/C24H16FN5O3S/c25-17-4-6-18(7-5-17)27-21(31)14-33-19-3-1-2-15(12-19)13-20-23(32)30-24(34-20)28-22(29-30)16-8-10-26-11-9-16/h1-13H,14H2,(H,27,31)/b20-13-. The first kappa shape index (κ1) is 21.4. The van der Waals surface area contributed by atoms with Crippen molar-refractivity contribution in [2.24, 2.45) is 0 Å². The number of pyridine rings is 1. The van der Waals surface area contributed by atoms with Crippen LogP contribution >= 0.6 is 11.3 Å². The van der Waals surface area contributed by atoms with E-state index < -0.39 is 0 Å².